The summed E-state index contributed by atoms with van der Waals surface area (Å²) in [6, 6.07) is 4.29. The molecule has 2 fully saturated rings. The Morgan fingerprint density at radius 2 is 2.11 bits per heavy atom. The van der Waals surface area contributed by atoms with Gasteiger partial charge in [0.1, 0.15) is 5.82 Å². The molecule has 2 bridgehead atoms. The Morgan fingerprint density at radius 1 is 1.28 bits per heavy atom. The molecular formula is C15H21FN2. The van der Waals surface area contributed by atoms with Crippen molar-refractivity contribution in [3.05, 3.63) is 29.1 Å². The summed E-state index contributed by atoms with van der Waals surface area (Å²) in [6.07, 6.45) is 2.15. The van der Waals surface area contributed by atoms with Gasteiger partial charge in [-0.25, -0.2) is 4.39 Å². The number of hydrogen-bond acceptors (Lipinski definition) is 2. The van der Waals surface area contributed by atoms with Crippen molar-refractivity contribution >= 4 is 5.69 Å². The lowest BCUT2D eigenvalue weighted by atomic mass is 10.0. The van der Waals surface area contributed by atoms with Crippen molar-refractivity contribution in [1.29, 1.82) is 0 Å². The Balaban J connectivity index is 1.95. The molecule has 3 rings (SSSR count). The first-order valence-corrected chi connectivity index (χ1v) is 6.97. The average Bonchev–Trinajstić information content (AvgIpc) is 2.73. The van der Waals surface area contributed by atoms with Gasteiger partial charge < -0.3 is 4.90 Å². The van der Waals surface area contributed by atoms with E-state index >= 15 is 0 Å². The number of nitrogens with zero attached hydrogens (tertiary/aromatic N) is 2. The molecule has 2 nitrogen and oxygen atoms in total. The number of benzene rings is 1. The molecule has 1 aromatic carbocycles. The Bertz CT molecular complexity index is 458. The fourth-order valence-electron chi connectivity index (χ4n) is 3.32. The molecule has 1 aromatic rings. The SMILES string of the molecule is CCc1cc(N2CCN3CCC2C3)c(F)cc1C. The summed E-state index contributed by atoms with van der Waals surface area (Å²) in [7, 11) is 0. The fraction of sp³-hybridized carbons (Fsp3) is 0.600. The largest absolute Gasteiger partial charge is 0.364 e. The third-order valence-electron chi connectivity index (χ3n) is 4.44. The third-order valence-corrected chi connectivity index (χ3v) is 4.44. The van der Waals surface area contributed by atoms with Crippen molar-refractivity contribution < 1.29 is 4.39 Å². The van der Waals surface area contributed by atoms with Crippen molar-refractivity contribution in [3.8, 4) is 0 Å². The van der Waals surface area contributed by atoms with Crippen LogP contribution in [0.15, 0.2) is 12.1 Å². The number of hydrogen-bond donors (Lipinski definition) is 0. The highest BCUT2D eigenvalue weighted by Crippen LogP contribution is 2.30. The molecule has 0 radical (unpaired) electrons. The van der Waals surface area contributed by atoms with Crippen LogP contribution in [0.5, 0.6) is 0 Å². The van der Waals surface area contributed by atoms with Crippen LogP contribution in [0.4, 0.5) is 10.1 Å². The normalized spacial score (nSPS) is 26.7. The second kappa shape index (κ2) is 4.54. The summed E-state index contributed by atoms with van der Waals surface area (Å²) in [4.78, 5) is 4.77. The maximum atomic E-state index is 14.2. The number of rotatable bonds is 2. The highest BCUT2D eigenvalue weighted by Gasteiger charge is 2.33. The zero-order valence-corrected chi connectivity index (χ0v) is 11.2. The van der Waals surface area contributed by atoms with Crippen LogP contribution in [0.2, 0.25) is 0 Å². The van der Waals surface area contributed by atoms with Crippen LogP contribution in [0.1, 0.15) is 24.5 Å². The molecule has 18 heavy (non-hydrogen) atoms. The van der Waals surface area contributed by atoms with Crippen molar-refractivity contribution in [2.75, 3.05) is 31.1 Å². The number of piperazine rings is 1. The number of aryl methyl sites for hydroxylation is 2. The summed E-state index contributed by atoms with van der Waals surface area (Å²) >= 11 is 0. The molecule has 0 saturated carbocycles. The van der Waals surface area contributed by atoms with Gasteiger partial charge in [-0.05, 0) is 43.0 Å². The van der Waals surface area contributed by atoms with Crippen LogP contribution in [0.25, 0.3) is 0 Å². The highest BCUT2D eigenvalue weighted by atomic mass is 19.1. The van der Waals surface area contributed by atoms with Crippen molar-refractivity contribution in [1.82, 2.24) is 4.90 Å². The van der Waals surface area contributed by atoms with Crippen LogP contribution in [0.3, 0.4) is 0 Å². The van der Waals surface area contributed by atoms with E-state index in [0.717, 1.165) is 37.3 Å². The first-order valence-electron chi connectivity index (χ1n) is 6.97. The first kappa shape index (κ1) is 12.0. The molecular weight excluding hydrogens is 227 g/mol. The average molecular weight is 248 g/mol. The van der Waals surface area contributed by atoms with Crippen LogP contribution < -0.4 is 4.90 Å². The van der Waals surface area contributed by atoms with E-state index in [1.54, 1.807) is 6.07 Å². The standard InChI is InChI=1S/C15H21FN2/c1-3-12-9-15(14(16)8-11(12)2)18-7-6-17-5-4-13(18)10-17/h8-9,13H,3-7,10H2,1-2H3. The smallest absolute Gasteiger partial charge is 0.146 e. The van der Waals surface area contributed by atoms with Gasteiger partial charge in [-0.3, -0.25) is 4.90 Å². The third kappa shape index (κ3) is 1.91. The molecule has 2 saturated heterocycles. The van der Waals surface area contributed by atoms with Gasteiger partial charge in [-0.15, -0.1) is 0 Å². The minimum absolute atomic E-state index is 0.0509. The van der Waals surface area contributed by atoms with Gasteiger partial charge in [0.05, 0.1) is 5.69 Å². The van der Waals surface area contributed by atoms with Gasteiger partial charge in [-0.2, -0.15) is 0 Å². The number of fused-ring (bicyclic) bond motifs is 2. The topological polar surface area (TPSA) is 6.48 Å². The summed E-state index contributed by atoms with van der Waals surface area (Å²) in [5.74, 6) is -0.0509. The predicted octanol–water partition coefficient (Wildman–Crippen LogP) is 2.59. The van der Waals surface area contributed by atoms with Gasteiger partial charge in [0.25, 0.3) is 0 Å². The van der Waals surface area contributed by atoms with Crippen LogP contribution >= 0.6 is 0 Å². The van der Waals surface area contributed by atoms with Crippen LogP contribution in [-0.2, 0) is 6.42 Å². The minimum Gasteiger partial charge on any atom is -0.364 e. The highest BCUT2D eigenvalue weighted by molar-refractivity contribution is 5.54. The molecule has 2 aliphatic heterocycles. The zero-order chi connectivity index (χ0) is 12.7. The second-order valence-electron chi connectivity index (χ2n) is 5.52. The second-order valence-corrected chi connectivity index (χ2v) is 5.52. The zero-order valence-electron chi connectivity index (χ0n) is 11.2. The van der Waals surface area contributed by atoms with Crippen LogP contribution in [0, 0.1) is 12.7 Å². The van der Waals surface area contributed by atoms with E-state index in [0.29, 0.717) is 6.04 Å². The first-order chi connectivity index (χ1) is 8.69. The Labute approximate surface area is 108 Å². The van der Waals surface area contributed by atoms with Gasteiger partial charge in [0.15, 0.2) is 0 Å². The molecule has 0 spiro atoms. The molecule has 2 heterocycles. The molecule has 2 atom stereocenters. The van der Waals surface area contributed by atoms with E-state index in [-0.39, 0.29) is 5.82 Å². The monoisotopic (exact) mass is 248 g/mol. The van der Waals surface area contributed by atoms with Crippen molar-refractivity contribution in [3.63, 3.8) is 0 Å². The van der Waals surface area contributed by atoms with E-state index in [9.17, 15) is 4.39 Å². The van der Waals surface area contributed by atoms with Gasteiger partial charge >= 0.3 is 0 Å². The fourth-order valence-corrected chi connectivity index (χ4v) is 3.32. The maximum Gasteiger partial charge on any atom is 0.146 e. The van der Waals surface area contributed by atoms with Gasteiger partial charge in [-0.1, -0.05) is 6.92 Å². The van der Waals surface area contributed by atoms with Crippen LogP contribution in [-0.4, -0.2) is 37.1 Å². The Kier molecular flexibility index (Phi) is 3.02. The van der Waals surface area contributed by atoms with E-state index in [1.807, 2.05) is 6.92 Å². The van der Waals surface area contributed by atoms with E-state index in [2.05, 4.69) is 22.8 Å². The number of anilines is 1. The van der Waals surface area contributed by atoms with Gasteiger partial charge in [0, 0.05) is 32.2 Å². The lowest BCUT2D eigenvalue weighted by Crippen LogP contribution is -2.47. The summed E-state index contributed by atoms with van der Waals surface area (Å²) in [6.45, 7) is 8.46. The molecule has 3 heteroatoms. The minimum atomic E-state index is -0.0509. The molecule has 0 aliphatic carbocycles. The molecule has 0 N–H and O–H groups in total. The van der Waals surface area contributed by atoms with E-state index in [4.69, 9.17) is 0 Å². The predicted molar refractivity (Wildman–Crippen MR) is 72.7 cm³/mol. The van der Waals surface area contributed by atoms with Gasteiger partial charge in [0.2, 0.25) is 0 Å². The van der Waals surface area contributed by atoms with E-state index in [1.165, 1.54) is 18.5 Å². The van der Waals surface area contributed by atoms with E-state index < -0.39 is 0 Å². The lowest BCUT2D eigenvalue weighted by Gasteiger charge is -2.36. The summed E-state index contributed by atoms with van der Waals surface area (Å²) in [5, 5.41) is 0. The summed E-state index contributed by atoms with van der Waals surface area (Å²) in [5.41, 5.74) is 3.17. The molecule has 2 unspecified atom stereocenters. The molecule has 0 aromatic heterocycles. The summed E-state index contributed by atoms with van der Waals surface area (Å²) < 4.78 is 14.2. The molecule has 98 valence electrons. The molecule has 2 aliphatic rings. The maximum absolute atomic E-state index is 14.2. The lowest BCUT2D eigenvalue weighted by molar-refractivity contribution is 0.309. The Morgan fingerprint density at radius 3 is 2.89 bits per heavy atom. The Hall–Kier alpha value is -1.09. The van der Waals surface area contributed by atoms with Crippen molar-refractivity contribution in [2.45, 2.75) is 32.7 Å². The molecule has 0 amide bonds. The quantitative estimate of drug-likeness (QED) is 0.793. The number of halogens is 1. The van der Waals surface area contributed by atoms with Crippen molar-refractivity contribution in [2.24, 2.45) is 0 Å².